The molecule has 7 nitrogen and oxygen atoms in total. The molecule has 3 rings (SSSR count). The van der Waals surface area contributed by atoms with E-state index < -0.39 is 0 Å². The highest BCUT2D eigenvalue weighted by molar-refractivity contribution is 5.91. The van der Waals surface area contributed by atoms with E-state index in [9.17, 15) is 9.59 Å². The molecule has 0 saturated carbocycles. The third-order valence-corrected chi connectivity index (χ3v) is 4.59. The van der Waals surface area contributed by atoms with Crippen LogP contribution in [0.3, 0.4) is 0 Å². The lowest BCUT2D eigenvalue weighted by Crippen LogP contribution is -2.30. The number of nitrogens with one attached hydrogen (secondary N) is 2. The minimum Gasteiger partial charge on any atom is -0.459 e. The minimum atomic E-state index is -0.262. The second kappa shape index (κ2) is 9.75. The number of furan rings is 1. The molecule has 0 spiro atoms. The molecular weight excluding hydrogens is 344 g/mol. The summed E-state index contributed by atoms with van der Waals surface area (Å²) in [6, 6.07) is 7.25. The van der Waals surface area contributed by atoms with E-state index in [4.69, 9.17) is 4.42 Å². The fourth-order valence-corrected chi connectivity index (χ4v) is 3.10. The van der Waals surface area contributed by atoms with Crippen LogP contribution in [0.5, 0.6) is 0 Å². The molecule has 1 fully saturated rings. The van der Waals surface area contributed by atoms with E-state index in [2.05, 4.69) is 26.6 Å². The Hall–Kier alpha value is -2.83. The first-order valence-electron chi connectivity index (χ1n) is 9.50. The predicted molar refractivity (Wildman–Crippen MR) is 102 cm³/mol. The van der Waals surface area contributed by atoms with Gasteiger partial charge in [-0.2, -0.15) is 0 Å². The molecule has 1 aliphatic rings. The van der Waals surface area contributed by atoms with E-state index >= 15 is 0 Å². The summed E-state index contributed by atoms with van der Waals surface area (Å²) in [6.45, 7) is 3.02. The largest absolute Gasteiger partial charge is 0.459 e. The molecule has 0 aliphatic carbocycles. The molecule has 0 atom stereocenters. The summed E-state index contributed by atoms with van der Waals surface area (Å²) in [4.78, 5) is 30.5. The van der Waals surface area contributed by atoms with Crippen LogP contribution in [0.25, 0.3) is 0 Å². The van der Waals surface area contributed by atoms with E-state index in [1.807, 2.05) is 6.07 Å². The molecule has 2 N–H and O–H groups in total. The van der Waals surface area contributed by atoms with Gasteiger partial charge < -0.3 is 20.0 Å². The summed E-state index contributed by atoms with van der Waals surface area (Å²) in [6.07, 6.45) is 7.90. The lowest BCUT2D eigenvalue weighted by Gasteiger charge is -2.27. The zero-order valence-electron chi connectivity index (χ0n) is 15.4. The van der Waals surface area contributed by atoms with E-state index in [0.29, 0.717) is 25.9 Å². The number of rotatable bonds is 8. The van der Waals surface area contributed by atoms with E-state index in [1.54, 1.807) is 18.3 Å². The summed E-state index contributed by atoms with van der Waals surface area (Å²) in [7, 11) is 0. The molecule has 1 aliphatic heterocycles. The van der Waals surface area contributed by atoms with Crippen molar-refractivity contribution in [2.75, 3.05) is 24.5 Å². The average Bonchev–Trinajstić information content (AvgIpc) is 3.25. The molecule has 0 bridgehead atoms. The Labute approximate surface area is 159 Å². The zero-order valence-corrected chi connectivity index (χ0v) is 15.4. The van der Waals surface area contributed by atoms with Gasteiger partial charge in [0.1, 0.15) is 5.82 Å². The first kappa shape index (κ1) is 18.9. The van der Waals surface area contributed by atoms with Crippen molar-refractivity contribution in [3.63, 3.8) is 0 Å². The van der Waals surface area contributed by atoms with Crippen molar-refractivity contribution in [1.82, 2.24) is 15.6 Å². The SMILES string of the molecule is O=C(CCCNC(=O)c1ccco1)NCc1ccnc(N2CCCCC2)c1. The summed E-state index contributed by atoms with van der Waals surface area (Å²) >= 11 is 0. The van der Waals surface area contributed by atoms with Crippen molar-refractivity contribution in [2.45, 2.75) is 38.6 Å². The Bertz CT molecular complexity index is 739. The maximum absolute atomic E-state index is 12.0. The summed E-state index contributed by atoms with van der Waals surface area (Å²) in [5.74, 6) is 0.977. The Morgan fingerprint density at radius 2 is 2.00 bits per heavy atom. The zero-order chi connectivity index (χ0) is 18.9. The Kier molecular flexibility index (Phi) is 6.84. The van der Waals surface area contributed by atoms with Crippen molar-refractivity contribution in [1.29, 1.82) is 0 Å². The van der Waals surface area contributed by atoms with Crippen LogP contribution >= 0.6 is 0 Å². The van der Waals surface area contributed by atoms with Gasteiger partial charge in [0.05, 0.1) is 6.26 Å². The minimum absolute atomic E-state index is 0.0291. The number of carbonyl (C=O) groups is 2. The van der Waals surface area contributed by atoms with E-state index in [-0.39, 0.29) is 17.6 Å². The van der Waals surface area contributed by atoms with Crippen LogP contribution in [-0.4, -0.2) is 36.4 Å². The normalized spacial score (nSPS) is 14.0. The lowest BCUT2D eigenvalue weighted by molar-refractivity contribution is -0.121. The molecule has 0 radical (unpaired) electrons. The monoisotopic (exact) mass is 370 g/mol. The van der Waals surface area contributed by atoms with Crippen LogP contribution in [0.1, 0.15) is 48.2 Å². The maximum Gasteiger partial charge on any atom is 0.286 e. The van der Waals surface area contributed by atoms with Crippen molar-refractivity contribution in [3.8, 4) is 0 Å². The predicted octanol–water partition coefficient (Wildman–Crippen LogP) is 2.49. The number of piperidine rings is 1. The Morgan fingerprint density at radius 3 is 2.78 bits per heavy atom. The van der Waals surface area contributed by atoms with Crippen molar-refractivity contribution in [2.24, 2.45) is 0 Å². The van der Waals surface area contributed by atoms with Crippen LogP contribution in [-0.2, 0) is 11.3 Å². The standard InChI is InChI=1S/C20H26N4O3/c25-19(7-4-9-22-20(26)17-6-5-13-27-17)23-15-16-8-10-21-18(14-16)24-11-2-1-3-12-24/h5-6,8,10,13-14H,1-4,7,9,11-12,15H2,(H,22,26)(H,23,25). The molecule has 1 saturated heterocycles. The molecule has 3 heterocycles. The van der Waals surface area contributed by atoms with Crippen molar-refractivity contribution in [3.05, 3.63) is 48.0 Å². The van der Waals surface area contributed by atoms with Gasteiger partial charge in [0.25, 0.3) is 5.91 Å². The van der Waals surface area contributed by atoms with Crippen LogP contribution in [0.4, 0.5) is 5.82 Å². The third-order valence-electron chi connectivity index (χ3n) is 4.59. The van der Waals surface area contributed by atoms with Gasteiger partial charge >= 0.3 is 0 Å². The molecular formula is C20H26N4O3. The molecule has 0 unspecified atom stereocenters. The summed E-state index contributed by atoms with van der Waals surface area (Å²) < 4.78 is 5.01. The van der Waals surface area contributed by atoms with E-state index in [1.165, 1.54) is 25.5 Å². The first-order valence-corrected chi connectivity index (χ1v) is 9.50. The number of carbonyl (C=O) groups excluding carboxylic acids is 2. The highest BCUT2D eigenvalue weighted by atomic mass is 16.3. The maximum atomic E-state index is 12.0. The van der Waals surface area contributed by atoms with E-state index in [0.717, 1.165) is 24.5 Å². The lowest BCUT2D eigenvalue weighted by atomic mass is 10.1. The van der Waals surface area contributed by atoms with Gasteiger partial charge in [-0.25, -0.2) is 4.98 Å². The molecule has 27 heavy (non-hydrogen) atoms. The fraction of sp³-hybridized carbons (Fsp3) is 0.450. The first-order chi connectivity index (χ1) is 13.2. The van der Waals surface area contributed by atoms with Gasteiger partial charge in [-0.15, -0.1) is 0 Å². The van der Waals surface area contributed by atoms with Crippen LogP contribution < -0.4 is 15.5 Å². The number of aromatic nitrogens is 1. The fourth-order valence-electron chi connectivity index (χ4n) is 3.10. The van der Waals surface area contributed by atoms with Crippen LogP contribution in [0, 0.1) is 0 Å². The van der Waals surface area contributed by atoms with Gasteiger partial charge in [-0.3, -0.25) is 9.59 Å². The van der Waals surface area contributed by atoms with Crippen molar-refractivity contribution < 1.29 is 14.0 Å². The third kappa shape index (κ3) is 5.84. The number of hydrogen-bond acceptors (Lipinski definition) is 5. The molecule has 2 amide bonds. The molecule has 2 aromatic heterocycles. The van der Waals surface area contributed by atoms with Gasteiger partial charge in [0.2, 0.25) is 5.91 Å². The topological polar surface area (TPSA) is 87.5 Å². The highest BCUT2D eigenvalue weighted by Gasteiger charge is 2.12. The number of pyridine rings is 1. The second-order valence-electron chi connectivity index (χ2n) is 6.68. The summed E-state index contributed by atoms with van der Waals surface area (Å²) in [5.41, 5.74) is 1.05. The molecule has 7 heteroatoms. The molecule has 2 aromatic rings. The molecule has 144 valence electrons. The van der Waals surface area contributed by atoms with Crippen molar-refractivity contribution >= 4 is 17.6 Å². The van der Waals surface area contributed by atoms with Crippen LogP contribution in [0.2, 0.25) is 0 Å². The second-order valence-corrected chi connectivity index (χ2v) is 6.68. The smallest absolute Gasteiger partial charge is 0.286 e. The number of nitrogens with zero attached hydrogens (tertiary/aromatic N) is 2. The van der Waals surface area contributed by atoms with Gasteiger partial charge in [-0.05, 0) is 55.5 Å². The van der Waals surface area contributed by atoms with Gasteiger partial charge in [-0.1, -0.05) is 0 Å². The highest BCUT2D eigenvalue weighted by Crippen LogP contribution is 2.18. The number of anilines is 1. The van der Waals surface area contributed by atoms with Gasteiger partial charge in [0.15, 0.2) is 5.76 Å². The van der Waals surface area contributed by atoms with Gasteiger partial charge in [0, 0.05) is 38.8 Å². The number of amides is 2. The Morgan fingerprint density at radius 1 is 1.15 bits per heavy atom. The molecule has 0 aromatic carbocycles. The average molecular weight is 370 g/mol. The quantitative estimate of drug-likeness (QED) is 0.697. The Balaban J connectivity index is 1.36. The van der Waals surface area contributed by atoms with Crippen LogP contribution in [0.15, 0.2) is 41.1 Å². The number of hydrogen-bond donors (Lipinski definition) is 2. The summed E-state index contributed by atoms with van der Waals surface area (Å²) in [5, 5.41) is 5.66.